The summed E-state index contributed by atoms with van der Waals surface area (Å²) in [4.78, 5) is 26.7. The third-order valence-electron chi connectivity index (χ3n) is 6.75. The van der Waals surface area contributed by atoms with Gasteiger partial charge in [0.1, 0.15) is 0 Å². The highest BCUT2D eigenvalue weighted by Gasteiger charge is 2.34. The summed E-state index contributed by atoms with van der Waals surface area (Å²) in [6.45, 7) is 0. The Morgan fingerprint density at radius 3 is 2.26 bits per heavy atom. The molecule has 6 rings (SSSR count). The topological polar surface area (TPSA) is 84.8 Å². The van der Waals surface area contributed by atoms with Gasteiger partial charge >= 0.3 is 5.69 Å². The summed E-state index contributed by atoms with van der Waals surface area (Å²) in [5.41, 5.74) is 5.61. The van der Waals surface area contributed by atoms with Crippen molar-refractivity contribution in [1.82, 2.24) is 13.7 Å². The first-order valence-electron chi connectivity index (χ1n) is 11.3. The lowest BCUT2D eigenvalue weighted by molar-refractivity contribution is 0.708. The lowest BCUT2D eigenvalue weighted by atomic mass is 9.98. The van der Waals surface area contributed by atoms with E-state index in [1.54, 1.807) is 23.7 Å². The maximum absolute atomic E-state index is 13.6. The average molecular weight is 460 g/mol. The van der Waals surface area contributed by atoms with Gasteiger partial charge in [0.15, 0.2) is 0 Å². The van der Waals surface area contributed by atoms with E-state index in [1.165, 1.54) is 7.05 Å². The van der Waals surface area contributed by atoms with Gasteiger partial charge < -0.3 is 9.88 Å². The zero-order valence-electron chi connectivity index (χ0n) is 19.2. The number of benzene rings is 3. The van der Waals surface area contributed by atoms with Crippen LogP contribution in [0.4, 0.5) is 5.69 Å². The lowest BCUT2D eigenvalue weighted by Gasteiger charge is -2.31. The molecule has 3 heterocycles. The molecule has 7 nitrogen and oxygen atoms in total. The fourth-order valence-corrected chi connectivity index (χ4v) is 5.09. The van der Waals surface area contributed by atoms with Gasteiger partial charge in [-0.15, -0.1) is 0 Å². The van der Waals surface area contributed by atoms with Gasteiger partial charge in [0.05, 0.1) is 51.3 Å². The zero-order chi connectivity index (χ0) is 24.3. The van der Waals surface area contributed by atoms with Gasteiger partial charge in [-0.3, -0.25) is 13.9 Å². The molecular formula is C28H21N5O2. The van der Waals surface area contributed by atoms with Gasteiger partial charge in [0, 0.05) is 14.1 Å². The predicted octanol–water partition coefficient (Wildman–Crippen LogP) is 4.08. The standard InChI is InChI=1S/C28H21N5O2/c1-31-25-22(27(34)32(2)28(31)35)24(19-8-4-3-5-9-19)33-21-11-7-6-10-20(21)30-23(26(25)33)18-14-12-17(16-29)13-15-18/h3-15,23,30H,1-2H3. The first kappa shape index (κ1) is 20.8. The van der Waals surface area contributed by atoms with E-state index in [-0.39, 0.29) is 17.3 Å². The average Bonchev–Trinajstić information content (AvgIpc) is 3.27. The summed E-state index contributed by atoms with van der Waals surface area (Å²) >= 11 is 0. The van der Waals surface area contributed by atoms with E-state index >= 15 is 0 Å². The van der Waals surface area contributed by atoms with Crippen molar-refractivity contribution in [2.45, 2.75) is 6.04 Å². The molecule has 1 atom stereocenters. The number of nitrogens with one attached hydrogen (secondary N) is 1. The van der Waals surface area contributed by atoms with Crippen LogP contribution in [0.5, 0.6) is 0 Å². The highest BCUT2D eigenvalue weighted by Crippen LogP contribution is 2.45. The maximum Gasteiger partial charge on any atom is 0.331 e. The molecule has 7 heteroatoms. The molecule has 170 valence electrons. The van der Waals surface area contributed by atoms with Crippen molar-refractivity contribution in [2.75, 3.05) is 5.32 Å². The second-order valence-electron chi connectivity index (χ2n) is 8.69. The maximum atomic E-state index is 13.6. The van der Waals surface area contributed by atoms with E-state index in [0.717, 1.165) is 38.5 Å². The number of anilines is 1. The van der Waals surface area contributed by atoms with E-state index in [4.69, 9.17) is 0 Å². The number of hydrogen-bond donors (Lipinski definition) is 1. The third kappa shape index (κ3) is 2.90. The first-order valence-corrected chi connectivity index (χ1v) is 11.3. The van der Waals surface area contributed by atoms with Crippen LogP contribution in [-0.2, 0) is 14.1 Å². The fraction of sp³-hybridized carbons (Fsp3) is 0.107. The fourth-order valence-electron chi connectivity index (χ4n) is 5.09. The van der Waals surface area contributed by atoms with Crippen LogP contribution in [0.25, 0.3) is 27.8 Å². The molecule has 5 aromatic rings. The van der Waals surface area contributed by atoms with Crippen LogP contribution in [0.15, 0.2) is 88.5 Å². The van der Waals surface area contributed by atoms with Gasteiger partial charge in [-0.2, -0.15) is 5.26 Å². The van der Waals surface area contributed by atoms with Crippen LogP contribution in [0, 0.1) is 11.3 Å². The van der Waals surface area contributed by atoms with E-state index in [9.17, 15) is 14.9 Å². The molecule has 0 radical (unpaired) electrons. The summed E-state index contributed by atoms with van der Waals surface area (Å²) in [6, 6.07) is 26.9. The number of nitrogens with zero attached hydrogens (tertiary/aromatic N) is 4. The molecule has 0 aliphatic carbocycles. The number of aryl methyl sites for hydroxylation is 1. The summed E-state index contributed by atoms with van der Waals surface area (Å²) < 4.78 is 4.83. The number of aromatic nitrogens is 3. The summed E-state index contributed by atoms with van der Waals surface area (Å²) in [7, 11) is 3.22. The predicted molar refractivity (Wildman–Crippen MR) is 136 cm³/mol. The molecule has 1 aliphatic heterocycles. The van der Waals surface area contributed by atoms with Crippen molar-refractivity contribution in [2.24, 2.45) is 14.1 Å². The normalized spacial score (nSPS) is 14.1. The zero-order valence-corrected chi connectivity index (χ0v) is 19.2. The van der Waals surface area contributed by atoms with Crippen LogP contribution >= 0.6 is 0 Å². The van der Waals surface area contributed by atoms with E-state index < -0.39 is 0 Å². The second kappa shape index (κ2) is 7.61. The monoisotopic (exact) mass is 459 g/mol. The Morgan fingerprint density at radius 1 is 0.857 bits per heavy atom. The van der Waals surface area contributed by atoms with Gasteiger partial charge in [-0.1, -0.05) is 54.6 Å². The van der Waals surface area contributed by atoms with Crippen LogP contribution in [0.2, 0.25) is 0 Å². The Balaban J connectivity index is 1.84. The van der Waals surface area contributed by atoms with Crippen LogP contribution in [-0.4, -0.2) is 13.7 Å². The van der Waals surface area contributed by atoms with Crippen LogP contribution in [0.1, 0.15) is 22.9 Å². The SMILES string of the molecule is Cn1c(=O)c2c(-c3ccccc3)n3c(c2n(C)c1=O)C(c1ccc(C#N)cc1)Nc1ccccc1-3. The molecular weight excluding hydrogens is 438 g/mol. The smallest absolute Gasteiger partial charge is 0.331 e. The minimum atomic E-state index is -0.382. The molecule has 35 heavy (non-hydrogen) atoms. The van der Waals surface area contributed by atoms with Gasteiger partial charge in [-0.25, -0.2) is 4.79 Å². The van der Waals surface area contributed by atoms with E-state index in [2.05, 4.69) is 16.0 Å². The number of nitriles is 1. The van der Waals surface area contributed by atoms with Crippen LogP contribution in [0.3, 0.4) is 0 Å². The van der Waals surface area contributed by atoms with Gasteiger partial charge in [0.25, 0.3) is 5.56 Å². The Kier molecular flexibility index (Phi) is 4.51. The van der Waals surface area contributed by atoms with E-state index in [0.29, 0.717) is 16.5 Å². The minimum Gasteiger partial charge on any atom is -0.371 e. The molecule has 0 saturated heterocycles. The highest BCUT2D eigenvalue weighted by atomic mass is 16.2. The molecule has 1 N–H and O–H groups in total. The largest absolute Gasteiger partial charge is 0.371 e. The lowest BCUT2D eigenvalue weighted by Crippen LogP contribution is -2.37. The Hall–Kier alpha value is -4.83. The van der Waals surface area contributed by atoms with Crippen molar-refractivity contribution in [1.29, 1.82) is 5.26 Å². The first-order chi connectivity index (χ1) is 17.0. The van der Waals surface area contributed by atoms with Crippen molar-refractivity contribution >= 4 is 16.6 Å². The summed E-state index contributed by atoms with van der Waals surface area (Å²) in [5, 5.41) is 13.4. The number of fused-ring (bicyclic) bond motifs is 5. The van der Waals surface area contributed by atoms with Crippen molar-refractivity contribution < 1.29 is 0 Å². The molecule has 0 spiro atoms. The minimum absolute atomic E-state index is 0.333. The van der Waals surface area contributed by atoms with Crippen molar-refractivity contribution in [3.63, 3.8) is 0 Å². The molecule has 3 aromatic carbocycles. The quantitative estimate of drug-likeness (QED) is 0.431. The Labute approximate surface area is 200 Å². The van der Waals surface area contributed by atoms with Crippen LogP contribution < -0.4 is 16.6 Å². The molecule has 2 aromatic heterocycles. The Bertz CT molecular complexity index is 1780. The third-order valence-corrected chi connectivity index (χ3v) is 6.75. The number of rotatable bonds is 2. The molecule has 1 unspecified atom stereocenters. The second-order valence-corrected chi connectivity index (χ2v) is 8.69. The van der Waals surface area contributed by atoms with E-state index in [1.807, 2.05) is 66.7 Å². The van der Waals surface area contributed by atoms with Gasteiger partial charge in [0.2, 0.25) is 0 Å². The molecule has 0 amide bonds. The number of para-hydroxylation sites is 2. The van der Waals surface area contributed by atoms with Crippen molar-refractivity contribution in [3.05, 3.63) is 117 Å². The molecule has 0 saturated carbocycles. The molecule has 0 bridgehead atoms. The molecule has 0 fully saturated rings. The van der Waals surface area contributed by atoms with Gasteiger partial charge in [-0.05, 0) is 35.4 Å². The Morgan fingerprint density at radius 2 is 1.54 bits per heavy atom. The summed E-state index contributed by atoms with van der Waals surface area (Å²) in [5.74, 6) is 0. The van der Waals surface area contributed by atoms with Crippen molar-refractivity contribution in [3.8, 4) is 23.0 Å². The number of hydrogen-bond acceptors (Lipinski definition) is 4. The highest BCUT2D eigenvalue weighted by molar-refractivity contribution is 5.99. The molecule has 1 aliphatic rings. The summed E-state index contributed by atoms with van der Waals surface area (Å²) in [6.07, 6.45) is 0.